The molecule has 2 aromatic rings. The maximum Gasteiger partial charge on any atom is 0.247 e. The van der Waals surface area contributed by atoms with E-state index in [0.29, 0.717) is 5.92 Å². The summed E-state index contributed by atoms with van der Waals surface area (Å²) in [4.78, 5) is 18.9. The van der Waals surface area contributed by atoms with Crippen molar-refractivity contribution in [1.82, 2.24) is 19.7 Å². The van der Waals surface area contributed by atoms with Crippen LogP contribution in [0.2, 0.25) is 0 Å². The second-order valence-corrected chi connectivity index (χ2v) is 6.24. The van der Waals surface area contributed by atoms with Crippen LogP contribution in [0.15, 0.2) is 43.0 Å². The predicted octanol–water partition coefficient (Wildman–Crippen LogP) is 2.71. The van der Waals surface area contributed by atoms with Crippen LogP contribution < -0.4 is 0 Å². The van der Waals surface area contributed by atoms with E-state index in [1.165, 1.54) is 5.56 Å². The Balaban J connectivity index is 1.55. The van der Waals surface area contributed by atoms with Crippen LogP contribution in [0.25, 0.3) is 0 Å². The van der Waals surface area contributed by atoms with E-state index in [1.54, 1.807) is 10.9 Å². The van der Waals surface area contributed by atoms with Crippen molar-refractivity contribution in [2.45, 2.75) is 38.6 Å². The van der Waals surface area contributed by atoms with Crippen LogP contribution in [-0.2, 0) is 11.2 Å². The standard InChI is InChI=1S/C18H24N4O/c1-2-17(22-10-4-9-20-22)18(23)21-11-6-15(7-12-21)13-16-5-3-8-19-14-16/h3-5,8-10,14-15,17H,2,6-7,11-13H2,1H3/t17-/m0/s1. The molecule has 23 heavy (non-hydrogen) atoms. The summed E-state index contributed by atoms with van der Waals surface area (Å²) in [6.07, 6.45) is 11.3. The molecule has 0 unspecified atom stereocenters. The summed E-state index contributed by atoms with van der Waals surface area (Å²) in [5, 5.41) is 4.24. The van der Waals surface area contributed by atoms with E-state index >= 15 is 0 Å². The van der Waals surface area contributed by atoms with Crippen LogP contribution >= 0.6 is 0 Å². The number of pyridine rings is 1. The molecule has 2 aromatic heterocycles. The van der Waals surface area contributed by atoms with Gasteiger partial charge in [-0.15, -0.1) is 0 Å². The molecule has 0 aliphatic carbocycles. The molecule has 5 nitrogen and oxygen atoms in total. The fraction of sp³-hybridized carbons (Fsp3) is 0.500. The zero-order valence-corrected chi connectivity index (χ0v) is 13.6. The Bertz CT molecular complexity index is 603. The van der Waals surface area contributed by atoms with Crippen molar-refractivity contribution in [2.24, 2.45) is 5.92 Å². The van der Waals surface area contributed by atoms with Gasteiger partial charge in [0.1, 0.15) is 6.04 Å². The number of rotatable bonds is 5. The Kier molecular flexibility index (Phi) is 5.05. The number of likely N-dealkylation sites (tertiary alicyclic amines) is 1. The number of hydrogen-bond acceptors (Lipinski definition) is 3. The quantitative estimate of drug-likeness (QED) is 0.853. The molecule has 0 spiro atoms. The normalized spacial score (nSPS) is 17.2. The number of carbonyl (C=O) groups is 1. The van der Waals surface area contributed by atoms with Gasteiger partial charge in [0, 0.05) is 37.9 Å². The second-order valence-electron chi connectivity index (χ2n) is 6.24. The van der Waals surface area contributed by atoms with Gasteiger partial charge in [-0.25, -0.2) is 0 Å². The van der Waals surface area contributed by atoms with E-state index in [2.05, 4.69) is 16.1 Å². The lowest BCUT2D eigenvalue weighted by molar-refractivity contribution is -0.136. The monoisotopic (exact) mass is 312 g/mol. The third-order valence-corrected chi connectivity index (χ3v) is 4.69. The number of amides is 1. The van der Waals surface area contributed by atoms with Gasteiger partial charge in [-0.1, -0.05) is 13.0 Å². The summed E-state index contributed by atoms with van der Waals surface area (Å²) in [6, 6.07) is 5.83. The molecule has 1 aliphatic rings. The van der Waals surface area contributed by atoms with Gasteiger partial charge in [-0.2, -0.15) is 5.10 Å². The molecule has 3 rings (SSSR count). The summed E-state index contributed by atoms with van der Waals surface area (Å²) < 4.78 is 1.78. The van der Waals surface area contributed by atoms with Crippen molar-refractivity contribution in [3.8, 4) is 0 Å². The van der Waals surface area contributed by atoms with Gasteiger partial charge in [0.25, 0.3) is 0 Å². The minimum Gasteiger partial charge on any atom is -0.341 e. The van der Waals surface area contributed by atoms with Crippen molar-refractivity contribution in [2.75, 3.05) is 13.1 Å². The lowest BCUT2D eigenvalue weighted by Gasteiger charge is -2.34. The highest BCUT2D eigenvalue weighted by atomic mass is 16.2. The van der Waals surface area contributed by atoms with Gasteiger partial charge >= 0.3 is 0 Å². The van der Waals surface area contributed by atoms with Crippen molar-refractivity contribution < 1.29 is 4.79 Å². The van der Waals surface area contributed by atoms with E-state index < -0.39 is 0 Å². The Morgan fingerprint density at radius 1 is 1.30 bits per heavy atom. The molecule has 0 radical (unpaired) electrons. The van der Waals surface area contributed by atoms with E-state index in [1.807, 2.05) is 42.5 Å². The predicted molar refractivity (Wildman–Crippen MR) is 88.8 cm³/mol. The summed E-state index contributed by atoms with van der Waals surface area (Å²) in [5.41, 5.74) is 1.29. The van der Waals surface area contributed by atoms with Gasteiger partial charge in [0.2, 0.25) is 5.91 Å². The topological polar surface area (TPSA) is 51.0 Å². The Hall–Kier alpha value is -2.17. The molecular weight excluding hydrogens is 288 g/mol. The molecule has 5 heteroatoms. The fourth-order valence-electron chi connectivity index (χ4n) is 3.36. The smallest absolute Gasteiger partial charge is 0.247 e. The van der Waals surface area contributed by atoms with Crippen LogP contribution in [0.4, 0.5) is 0 Å². The first-order valence-corrected chi connectivity index (χ1v) is 8.44. The van der Waals surface area contributed by atoms with E-state index in [4.69, 9.17) is 0 Å². The third-order valence-electron chi connectivity index (χ3n) is 4.69. The molecule has 3 heterocycles. The first-order valence-electron chi connectivity index (χ1n) is 8.44. The fourth-order valence-corrected chi connectivity index (χ4v) is 3.36. The summed E-state index contributed by atoms with van der Waals surface area (Å²) >= 11 is 0. The van der Waals surface area contributed by atoms with Gasteiger partial charge in [-0.3, -0.25) is 14.5 Å². The van der Waals surface area contributed by atoms with Gasteiger partial charge in [0.05, 0.1) is 0 Å². The minimum absolute atomic E-state index is 0.167. The largest absolute Gasteiger partial charge is 0.341 e. The van der Waals surface area contributed by atoms with Crippen molar-refractivity contribution in [3.63, 3.8) is 0 Å². The van der Waals surface area contributed by atoms with E-state index in [-0.39, 0.29) is 11.9 Å². The maximum absolute atomic E-state index is 12.7. The number of carbonyl (C=O) groups excluding carboxylic acids is 1. The molecule has 0 N–H and O–H groups in total. The molecule has 1 aliphatic heterocycles. The lowest BCUT2D eigenvalue weighted by Crippen LogP contribution is -2.42. The van der Waals surface area contributed by atoms with Gasteiger partial charge in [0.15, 0.2) is 0 Å². The second kappa shape index (κ2) is 7.40. The number of piperidine rings is 1. The molecule has 0 saturated carbocycles. The van der Waals surface area contributed by atoms with E-state index in [9.17, 15) is 4.79 Å². The van der Waals surface area contributed by atoms with Gasteiger partial charge < -0.3 is 4.90 Å². The molecule has 0 aromatic carbocycles. The van der Waals surface area contributed by atoms with E-state index in [0.717, 1.165) is 38.8 Å². The Labute approximate surface area is 137 Å². The zero-order chi connectivity index (χ0) is 16.1. The number of aromatic nitrogens is 3. The summed E-state index contributed by atoms with van der Waals surface area (Å²) in [7, 11) is 0. The highest BCUT2D eigenvalue weighted by Crippen LogP contribution is 2.24. The first kappa shape index (κ1) is 15.7. The average molecular weight is 312 g/mol. The van der Waals surface area contributed by atoms with Crippen LogP contribution in [0.3, 0.4) is 0 Å². The summed E-state index contributed by atoms with van der Waals surface area (Å²) in [6.45, 7) is 3.74. The van der Waals surface area contributed by atoms with Crippen molar-refractivity contribution in [1.29, 1.82) is 0 Å². The highest BCUT2D eigenvalue weighted by Gasteiger charge is 2.28. The molecular formula is C18H24N4O. The van der Waals surface area contributed by atoms with Crippen LogP contribution in [0.5, 0.6) is 0 Å². The Morgan fingerprint density at radius 3 is 2.74 bits per heavy atom. The molecule has 1 amide bonds. The third kappa shape index (κ3) is 3.78. The molecule has 1 saturated heterocycles. The van der Waals surface area contributed by atoms with Crippen molar-refractivity contribution in [3.05, 3.63) is 48.5 Å². The van der Waals surface area contributed by atoms with Crippen LogP contribution in [0.1, 0.15) is 37.8 Å². The SMILES string of the molecule is CC[C@@H](C(=O)N1CCC(Cc2cccnc2)CC1)n1cccn1. The van der Waals surface area contributed by atoms with Crippen LogP contribution in [0, 0.1) is 5.92 Å². The van der Waals surface area contributed by atoms with Gasteiger partial charge in [-0.05, 0) is 49.3 Å². The molecule has 1 fully saturated rings. The van der Waals surface area contributed by atoms with Crippen LogP contribution in [-0.4, -0.2) is 38.7 Å². The summed E-state index contributed by atoms with van der Waals surface area (Å²) in [5.74, 6) is 0.851. The molecule has 122 valence electrons. The first-order chi connectivity index (χ1) is 11.3. The van der Waals surface area contributed by atoms with Crippen molar-refractivity contribution >= 4 is 5.91 Å². The molecule has 1 atom stereocenters. The number of hydrogen-bond donors (Lipinski definition) is 0. The minimum atomic E-state index is -0.167. The lowest BCUT2D eigenvalue weighted by atomic mass is 9.90. The average Bonchev–Trinajstić information content (AvgIpc) is 3.11. The maximum atomic E-state index is 12.7. The molecule has 0 bridgehead atoms. The zero-order valence-electron chi connectivity index (χ0n) is 13.6. The number of nitrogens with zero attached hydrogens (tertiary/aromatic N) is 4. The Morgan fingerprint density at radius 2 is 2.13 bits per heavy atom. The highest BCUT2D eigenvalue weighted by molar-refractivity contribution is 5.80.